The molecular weight excluding hydrogens is 482 g/mol. The van der Waals surface area contributed by atoms with Crippen LogP contribution in [-0.2, 0) is 23.1 Å². The number of guanidine groups is 1. The van der Waals surface area contributed by atoms with Crippen molar-refractivity contribution in [1.82, 2.24) is 10.6 Å². The van der Waals surface area contributed by atoms with E-state index >= 15 is 0 Å². The molecule has 6 nitrogen and oxygen atoms in total. The van der Waals surface area contributed by atoms with Crippen LogP contribution >= 0.6 is 24.0 Å². The Kier molecular flexibility index (Phi) is 9.13. The lowest BCUT2D eigenvalue weighted by atomic mass is 10.1. The van der Waals surface area contributed by atoms with Gasteiger partial charge in [0.1, 0.15) is 5.82 Å². The summed E-state index contributed by atoms with van der Waals surface area (Å²) in [6, 6.07) is 11.4. The van der Waals surface area contributed by atoms with Crippen LogP contribution in [0.4, 0.5) is 4.39 Å². The second kappa shape index (κ2) is 10.6. The Bertz CT molecular complexity index is 887. The molecule has 0 aliphatic carbocycles. The third-order valence-corrected chi connectivity index (χ3v) is 4.64. The van der Waals surface area contributed by atoms with E-state index in [4.69, 9.17) is 5.14 Å². The minimum atomic E-state index is -3.69. The van der Waals surface area contributed by atoms with E-state index in [0.29, 0.717) is 31.2 Å². The number of hydrogen-bond acceptors (Lipinski definition) is 3. The number of aliphatic imine (C=N–C) groups is 1. The van der Waals surface area contributed by atoms with Crippen molar-refractivity contribution < 1.29 is 12.8 Å². The van der Waals surface area contributed by atoms with Gasteiger partial charge in [0.25, 0.3) is 0 Å². The van der Waals surface area contributed by atoms with E-state index in [1.54, 1.807) is 25.1 Å². The molecule has 2 aromatic carbocycles. The monoisotopic (exact) mass is 506 g/mol. The second-order valence-corrected chi connectivity index (χ2v) is 7.38. The molecule has 0 fully saturated rings. The van der Waals surface area contributed by atoms with Gasteiger partial charge in [-0.1, -0.05) is 24.3 Å². The predicted octanol–water partition coefficient (Wildman–Crippen LogP) is 2.65. The lowest BCUT2D eigenvalue weighted by Crippen LogP contribution is -2.36. The first-order valence-corrected chi connectivity index (χ1v) is 9.73. The lowest BCUT2D eigenvalue weighted by Gasteiger charge is -2.12. The zero-order chi connectivity index (χ0) is 19.2. The maximum Gasteiger partial charge on any atom is 0.238 e. The molecule has 0 aromatic heterocycles. The van der Waals surface area contributed by atoms with Crippen molar-refractivity contribution in [1.29, 1.82) is 0 Å². The molecule has 0 aliphatic heterocycles. The number of nitrogens with one attached hydrogen (secondary N) is 2. The highest BCUT2D eigenvalue weighted by Crippen LogP contribution is 2.10. The van der Waals surface area contributed by atoms with Crippen LogP contribution < -0.4 is 15.8 Å². The first-order chi connectivity index (χ1) is 12.3. The van der Waals surface area contributed by atoms with Crippen molar-refractivity contribution in [3.63, 3.8) is 0 Å². The first kappa shape index (κ1) is 23.3. The van der Waals surface area contributed by atoms with Gasteiger partial charge in [-0.05, 0) is 48.7 Å². The Balaban J connectivity index is 0.00000364. The maximum absolute atomic E-state index is 13.6. The maximum atomic E-state index is 13.6. The number of aryl methyl sites for hydroxylation is 1. The summed E-state index contributed by atoms with van der Waals surface area (Å²) in [5, 5.41) is 11.4. The minimum absolute atomic E-state index is 0. The second-order valence-electron chi connectivity index (χ2n) is 5.82. The third-order valence-electron chi connectivity index (χ3n) is 3.71. The fourth-order valence-corrected chi connectivity index (χ4v) is 2.75. The predicted molar refractivity (Wildman–Crippen MR) is 116 cm³/mol. The van der Waals surface area contributed by atoms with E-state index in [-0.39, 0.29) is 34.7 Å². The van der Waals surface area contributed by atoms with Crippen LogP contribution in [0.25, 0.3) is 0 Å². The van der Waals surface area contributed by atoms with Crippen molar-refractivity contribution in [2.45, 2.75) is 31.8 Å². The van der Waals surface area contributed by atoms with Gasteiger partial charge in [0, 0.05) is 13.1 Å². The lowest BCUT2D eigenvalue weighted by molar-refractivity contribution is 0.597. The van der Waals surface area contributed by atoms with Gasteiger partial charge in [-0.3, -0.25) is 0 Å². The third kappa shape index (κ3) is 7.43. The number of halogens is 2. The number of primary sulfonamides is 1. The molecule has 27 heavy (non-hydrogen) atoms. The number of nitrogens with zero attached hydrogens (tertiary/aromatic N) is 1. The van der Waals surface area contributed by atoms with Crippen molar-refractivity contribution in [3.05, 3.63) is 65.0 Å². The molecule has 2 rings (SSSR count). The number of sulfonamides is 1. The van der Waals surface area contributed by atoms with Crippen LogP contribution in [0, 0.1) is 12.7 Å². The summed E-state index contributed by atoms with van der Waals surface area (Å²) >= 11 is 0. The van der Waals surface area contributed by atoms with Gasteiger partial charge < -0.3 is 10.6 Å². The molecule has 0 amide bonds. The summed E-state index contributed by atoms with van der Waals surface area (Å²) in [5.41, 5.74) is 2.26. The normalized spacial score (nSPS) is 11.6. The molecule has 0 radical (unpaired) electrons. The van der Waals surface area contributed by atoms with Gasteiger partial charge >= 0.3 is 0 Å². The van der Waals surface area contributed by atoms with Crippen LogP contribution in [0.2, 0.25) is 0 Å². The minimum Gasteiger partial charge on any atom is -0.357 e. The van der Waals surface area contributed by atoms with E-state index < -0.39 is 10.0 Å². The van der Waals surface area contributed by atoms with Crippen LogP contribution in [-0.4, -0.2) is 20.9 Å². The Morgan fingerprint density at radius 3 is 2.30 bits per heavy atom. The van der Waals surface area contributed by atoms with E-state index in [9.17, 15) is 12.8 Å². The molecule has 4 N–H and O–H groups in total. The summed E-state index contributed by atoms with van der Waals surface area (Å²) in [4.78, 5) is 4.51. The fourth-order valence-electron chi connectivity index (χ4n) is 2.23. The largest absolute Gasteiger partial charge is 0.357 e. The Labute approximate surface area is 176 Å². The molecule has 148 valence electrons. The van der Waals surface area contributed by atoms with Gasteiger partial charge in [0.05, 0.1) is 11.4 Å². The number of benzene rings is 2. The number of nitrogens with two attached hydrogens (primary N) is 1. The SMILES string of the molecule is CCNC(=NCc1ccc(C)c(F)c1)NCc1ccc(S(N)(=O)=O)cc1.I. The Hall–Kier alpha value is -1.72. The highest BCUT2D eigenvalue weighted by atomic mass is 127. The molecule has 0 spiro atoms. The van der Waals surface area contributed by atoms with Crippen molar-refractivity contribution in [2.75, 3.05) is 6.54 Å². The first-order valence-electron chi connectivity index (χ1n) is 8.18. The van der Waals surface area contributed by atoms with Crippen LogP contribution in [0.5, 0.6) is 0 Å². The molecule has 0 heterocycles. The highest BCUT2D eigenvalue weighted by Gasteiger charge is 2.07. The van der Waals surface area contributed by atoms with Crippen LogP contribution in [0.15, 0.2) is 52.4 Å². The summed E-state index contributed by atoms with van der Waals surface area (Å²) in [7, 11) is -3.69. The quantitative estimate of drug-likeness (QED) is 0.319. The van der Waals surface area contributed by atoms with Crippen LogP contribution in [0.3, 0.4) is 0 Å². The molecule has 9 heteroatoms. The van der Waals surface area contributed by atoms with Gasteiger partial charge in [0.2, 0.25) is 10.0 Å². The van der Waals surface area contributed by atoms with Crippen molar-refractivity contribution in [3.8, 4) is 0 Å². The van der Waals surface area contributed by atoms with Crippen molar-refractivity contribution >= 4 is 40.0 Å². The molecular formula is C18H24FIN4O2S. The van der Waals surface area contributed by atoms with Gasteiger partial charge in [0.15, 0.2) is 5.96 Å². The average molecular weight is 506 g/mol. The number of rotatable bonds is 6. The zero-order valence-corrected chi connectivity index (χ0v) is 18.3. The zero-order valence-electron chi connectivity index (χ0n) is 15.2. The summed E-state index contributed by atoms with van der Waals surface area (Å²) in [6.45, 7) is 5.15. The van der Waals surface area contributed by atoms with Gasteiger partial charge in [-0.25, -0.2) is 22.9 Å². The fraction of sp³-hybridized carbons (Fsp3) is 0.278. The smallest absolute Gasteiger partial charge is 0.238 e. The molecule has 0 atom stereocenters. The summed E-state index contributed by atoms with van der Waals surface area (Å²) < 4.78 is 36.1. The molecule has 2 aromatic rings. The Morgan fingerprint density at radius 2 is 1.74 bits per heavy atom. The van der Waals surface area contributed by atoms with E-state index in [1.165, 1.54) is 18.2 Å². The van der Waals surface area contributed by atoms with Gasteiger partial charge in [-0.15, -0.1) is 24.0 Å². The summed E-state index contributed by atoms with van der Waals surface area (Å²) in [5.74, 6) is 0.342. The molecule has 0 bridgehead atoms. The molecule has 0 unspecified atom stereocenters. The molecule has 0 saturated carbocycles. The summed E-state index contributed by atoms with van der Waals surface area (Å²) in [6.07, 6.45) is 0. The highest BCUT2D eigenvalue weighted by molar-refractivity contribution is 14.0. The average Bonchev–Trinajstić information content (AvgIpc) is 2.60. The molecule has 0 aliphatic rings. The Morgan fingerprint density at radius 1 is 1.11 bits per heavy atom. The molecule has 0 saturated heterocycles. The van der Waals surface area contributed by atoms with E-state index in [0.717, 1.165) is 11.1 Å². The topological polar surface area (TPSA) is 96.6 Å². The van der Waals surface area contributed by atoms with Gasteiger partial charge in [-0.2, -0.15) is 0 Å². The standard InChI is InChI=1S/C18H23FN4O2S.HI/c1-3-21-18(23-12-15-5-4-13(2)17(19)10-15)22-11-14-6-8-16(9-7-14)26(20,24)25;/h4-10H,3,11-12H2,1-2H3,(H2,20,24,25)(H2,21,22,23);1H. The number of hydrogen-bond donors (Lipinski definition) is 3. The van der Waals surface area contributed by atoms with E-state index in [2.05, 4.69) is 15.6 Å². The van der Waals surface area contributed by atoms with E-state index in [1.807, 2.05) is 13.0 Å². The van der Waals surface area contributed by atoms with Crippen LogP contribution in [0.1, 0.15) is 23.6 Å². The van der Waals surface area contributed by atoms with Crippen molar-refractivity contribution in [2.24, 2.45) is 10.1 Å².